The second-order valence-electron chi connectivity index (χ2n) is 6.36. The molecule has 1 saturated heterocycles. The Hall–Kier alpha value is -2.89. The summed E-state index contributed by atoms with van der Waals surface area (Å²) < 4.78 is 10.6. The van der Waals surface area contributed by atoms with Crippen LogP contribution in [0.4, 0.5) is 5.69 Å². The van der Waals surface area contributed by atoms with Crippen LogP contribution in [0.2, 0.25) is 0 Å². The van der Waals surface area contributed by atoms with Crippen molar-refractivity contribution < 1.29 is 23.9 Å². The molecule has 3 aliphatic rings. The molecule has 2 aliphatic heterocycles. The summed E-state index contributed by atoms with van der Waals surface area (Å²) in [6.45, 7) is 1.68. The molecule has 1 unspecified atom stereocenters. The fraction of sp³-hybridized carbons (Fsp3) is 0.316. The van der Waals surface area contributed by atoms with Gasteiger partial charge in [-0.1, -0.05) is 18.2 Å². The third-order valence-electron chi connectivity index (χ3n) is 5.10. The van der Waals surface area contributed by atoms with Crippen LogP contribution in [0, 0.1) is 17.8 Å². The van der Waals surface area contributed by atoms with Gasteiger partial charge < -0.3 is 9.47 Å². The third kappa shape index (κ3) is 2.13. The van der Waals surface area contributed by atoms with Crippen LogP contribution in [0.25, 0.3) is 0 Å². The first-order valence-electron chi connectivity index (χ1n) is 8.14. The van der Waals surface area contributed by atoms with E-state index < -0.39 is 23.7 Å². The van der Waals surface area contributed by atoms with Crippen LogP contribution in [0.3, 0.4) is 0 Å². The Morgan fingerprint density at radius 2 is 1.92 bits per heavy atom. The number of hydrogen-bond acceptors (Lipinski definition) is 5. The van der Waals surface area contributed by atoms with E-state index in [-0.39, 0.29) is 11.8 Å². The quantitative estimate of drug-likeness (QED) is 0.610. The van der Waals surface area contributed by atoms with Crippen LogP contribution in [0.5, 0.6) is 0 Å². The molecule has 0 saturated carbocycles. The van der Waals surface area contributed by atoms with Crippen molar-refractivity contribution in [1.82, 2.24) is 0 Å². The molecule has 4 rings (SSSR count). The predicted molar refractivity (Wildman–Crippen MR) is 87.9 cm³/mol. The monoisotopic (exact) mass is 339 g/mol. The van der Waals surface area contributed by atoms with Crippen LogP contribution in [0.1, 0.15) is 13.3 Å². The molecule has 128 valence electrons. The van der Waals surface area contributed by atoms with Gasteiger partial charge in [0.15, 0.2) is 0 Å². The van der Waals surface area contributed by atoms with E-state index >= 15 is 0 Å². The van der Waals surface area contributed by atoms with E-state index in [1.54, 1.807) is 31.2 Å². The van der Waals surface area contributed by atoms with E-state index in [9.17, 15) is 14.4 Å². The number of methoxy groups -OCH3 is 1. The number of nitrogens with zero attached hydrogens (tertiary/aromatic N) is 1. The maximum Gasteiger partial charge on any atom is 0.337 e. The minimum atomic E-state index is -0.640. The highest BCUT2D eigenvalue weighted by Gasteiger charge is 2.57. The topological polar surface area (TPSA) is 72.9 Å². The van der Waals surface area contributed by atoms with Gasteiger partial charge in [0.05, 0.1) is 36.1 Å². The number of rotatable bonds is 2. The average Bonchev–Trinajstić information content (AvgIpc) is 3.08. The Kier molecular flexibility index (Phi) is 3.49. The maximum atomic E-state index is 13.1. The van der Waals surface area contributed by atoms with E-state index in [1.807, 2.05) is 12.1 Å². The molecule has 3 atom stereocenters. The number of carbonyl (C=O) groups is 3. The summed E-state index contributed by atoms with van der Waals surface area (Å²) in [6, 6.07) is 8.85. The molecule has 6 nitrogen and oxygen atoms in total. The van der Waals surface area contributed by atoms with Gasteiger partial charge in [-0.15, -0.1) is 0 Å². The van der Waals surface area contributed by atoms with Gasteiger partial charge in [-0.25, -0.2) is 4.79 Å². The van der Waals surface area contributed by atoms with Crippen LogP contribution in [-0.2, 0) is 23.9 Å². The standard InChI is InChI=1S/C19H17NO5/c1-10-14(19(23)24-2)16-13(25-10)9-8-12-15(16)18(22)20(17(12)21)11-6-4-3-5-7-11/h3-7,9,12,15-16H,8H2,1-2H3/t12-,15-,16?/m1/s1. The maximum absolute atomic E-state index is 13.1. The molecule has 0 aromatic heterocycles. The number of carbonyl (C=O) groups excluding carboxylic acids is 3. The molecule has 1 aromatic rings. The Morgan fingerprint density at radius 1 is 1.20 bits per heavy atom. The lowest BCUT2D eigenvalue weighted by molar-refractivity contribution is -0.137. The highest BCUT2D eigenvalue weighted by molar-refractivity contribution is 6.22. The van der Waals surface area contributed by atoms with Gasteiger partial charge in [0.25, 0.3) is 0 Å². The Bertz CT molecular complexity index is 839. The smallest absolute Gasteiger partial charge is 0.337 e. The molecule has 25 heavy (non-hydrogen) atoms. The van der Waals surface area contributed by atoms with Gasteiger partial charge in [0, 0.05) is 0 Å². The molecule has 0 radical (unpaired) electrons. The zero-order valence-electron chi connectivity index (χ0n) is 13.9. The van der Waals surface area contributed by atoms with Gasteiger partial charge >= 0.3 is 5.97 Å². The first kappa shape index (κ1) is 15.6. The molecule has 0 bridgehead atoms. The zero-order chi connectivity index (χ0) is 17.7. The van der Waals surface area contributed by atoms with Crippen LogP contribution in [0.15, 0.2) is 53.5 Å². The summed E-state index contributed by atoms with van der Waals surface area (Å²) in [5.74, 6) is -1.74. The highest BCUT2D eigenvalue weighted by Crippen LogP contribution is 2.50. The number of anilines is 1. The molecule has 0 spiro atoms. The summed E-state index contributed by atoms with van der Waals surface area (Å²) >= 11 is 0. The molecular formula is C19H17NO5. The van der Waals surface area contributed by atoms with Gasteiger partial charge in [-0.3, -0.25) is 14.5 Å². The summed E-state index contributed by atoms with van der Waals surface area (Å²) in [6.07, 6.45) is 2.23. The van der Waals surface area contributed by atoms with Crippen molar-refractivity contribution >= 4 is 23.5 Å². The number of benzene rings is 1. The number of hydrogen-bond donors (Lipinski definition) is 0. The molecule has 1 aromatic carbocycles. The van der Waals surface area contributed by atoms with E-state index in [2.05, 4.69) is 0 Å². The molecule has 6 heteroatoms. The Labute approximate surface area is 144 Å². The summed E-state index contributed by atoms with van der Waals surface area (Å²) in [5, 5.41) is 0. The average molecular weight is 339 g/mol. The molecule has 1 aliphatic carbocycles. The summed E-state index contributed by atoms with van der Waals surface area (Å²) in [7, 11) is 1.29. The first-order valence-corrected chi connectivity index (χ1v) is 8.14. The van der Waals surface area contributed by atoms with Crippen molar-refractivity contribution in [3.8, 4) is 0 Å². The Balaban J connectivity index is 1.77. The molecule has 2 amide bonds. The zero-order valence-corrected chi connectivity index (χ0v) is 13.9. The highest BCUT2D eigenvalue weighted by atomic mass is 16.5. The van der Waals surface area contributed by atoms with Crippen LogP contribution in [-0.4, -0.2) is 24.9 Å². The molecule has 0 N–H and O–H groups in total. The fourth-order valence-corrected chi connectivity index (χ4v) is 4.01. The van der Waals surface area contributed by atoms with E-state index in [4.69, 9.17) is 9.47 Å². The van der Waals surface area contributed by atoms with Crippen molar-refractivity contribution in [3.63, 3.8) is 0 Å². The molecular weight excluding hydrogens is 322 g/mol. The largest absolute Gasteiger partial charge is 0.466 e. The van der Waals surface area contributed by atoms with Crippen molar-refractivity contribution in [2.45, 2.75) is 13.3 Å². The van der Waals surface area contributed by atoms with E-state index in [1.165, 1.54) is 12.0 Å². The number of esters is 1. The van der Waals surface area contributed by atoms with E-state index in [0.717, 1.165) is 0 Å². The number of allylic oxidation sites excluding steroid dienone is 3. The van der Waals surface area contributed by atoms with Gasteiger partial charge in [-0.2, -0.15) is 0 Å². The normalized spacial score (nSPS) is 27.7. The van der Waals surface area contributed by atoms with Crippen molar-refractivity contribution in [3.05, 3.63) is 53.5 Å². The van der Waals surface area contributed by atoms with Gasteiger partial charge in [0.1, 0.15) is 11.5 Å². The van der Waals surface area contributed by atoms with E-state index in [0.29, 0.717) is 29.2 Å². The van der Waals surface area contributed by atoms with Crippen LogP contribution < -0.4 is 4.90 Å². The lowest BCUT2D eigenvalue weighted by atomic mass is 9.73. The van der Waals surface area contributed by atoms with Crippen molar-refractivity contribution in [2.24, 2.45) is 17.8 Å². The number of ether oxygens (including phenoxy) is 2. The molecule has 1 fully saturated rings. The third-order valence-corrected chi connectivity index (χ3v) is 5.10. The minimum Gasteiger partial charge on any atom is -0.466 e. The predicted octanol–water partition coefficient (Wildman–Crippen LogP) is 2.17. The Morgan fingerprint density at radius 3 is 2.60 bits per heavy atom. The second-order valence-corrected chi connectivity index (χ2v) is 6.36. The first-order chi connectivity index (χ1) is 12.0. The van der Waals surface area contributed by atoms with Gasteiger partial charge in [-0.05, 0) is 31.6 Å². The SMILES string of the molecule is COC(=O)C1=C(C)OC2=CC[C@H]3C(=O)N(c4ccccc4)C(=O)[C@H]3C21. The summed E-state index contributed by atoms with van der Waals surface area (Å²) in [5.41, 5.74) is 0.882. The van der Waals surface area contributed by atoms with Crippen molar-refractivity contribution in [1.29, 1.82) is 0 Å². The minimum absolute atomic E-state index is 0.231. The second kappa shape index (κ2) is 5.58. The number of fused-ring (bicyclic) bond motifs is 3. The molecule has 2 heterocycles. The number of para-hydroxylation sites is 1. The van der Waals surface area contributed by atoms with Crippen LogP contribution >= 0.6 is 0 Å². The lowest BCUT2D eigenvalue weighted by Gasteiger charge is -2.26. The van der Waals surface area contributed by atoms with Gasteiger partial charge in [0.2, 0.25) is 11.8 Å². The number of imide groups is 1. The van der Waals surface area contributed by atoms with Crippen molar-refractivity contribution in [2.75, 3.05) is 12.0 Å². The lowest BCUT2D eigenvalue weighted by Crippen LogP contribution is -2.34. The fourth-order valence-electron chi connectivity index (χ4n) is 4.01. The summed E-state index contributed by atoms with van der Waals surface area (Å²) in [4.78, 5) is 39.4. The number of amides is 2.